The second-order valence-corrected chi connectivity index (χ2v) is 9.27. The standard InChI is InChI=1S/C19H23FN6O2S/c1-19(2,11-27)25-17-15-14(5-8-29(15)28)23-18(24-17)26-6-3-12(4-7-26)16-21-9-13(20)10-22-16/h3,9-10,27H,4-8,11H2,1-2H3,(H,23,24,25)/t29-/m1/s1. The number of aliphatic hydroxyl groups is 1. The third kappa shape index (κ3) is 4.13. The zero-order valence-corrected chi connectivity index (χ0v) is 17.2. The maximum absolute atomic E-state index is 13.0. The zero-order valence-electron chi connectivity index (χ0n) is 16.4. The number of nitrogens with one attached hydrogen (secondary N) is 1. The molecule has 29 heavy (non-hydrogen) atoms. The molecule has 0 fully saturated rings. The lowest BCUT2D eigenvalue weighted by atomic mass is 10.1. The van der Waals surface area contributed by atoms with E-state index in [4.69, 9.17) is 0 Å². The van der Waals surface area contributed by atoms with Crippen LogP contribution in [0.15, 0.2) is 23.4 Å². The number of halogens is 1. The number of hydrogen-bond acceptors (Lipinski definition) is 8. The van der Waals surface area contributed by atoms with Crippen molar-refractivity contribution in [1.29, 1.82) is 0 Å². The molecular formula is C19H23FN6O2S. The highest BCUT2D eigenvalue weighted by Gasteiger charge is 2.30. The first-order valence-electron chi connectivity index (χ1n) is 9.46. The Balaban J connectivity index is 1.61. The van der Waals surface area contributed by atoms with Crippen molar-refractivity contribution in [3.63, 3.8) is 0 Å². The second-order valence-electron chi connectivity index (χ2n) is 7.76. The van der Waals surface area contributed by atoms with Gasteiger partial charge in [-0.25, -0.2) is 19.3 Å². The van der Waals surface area contributed by atoms with Crippen LogP contribution in [-0.2, 0) is 17.2 Å². The molecule has 4 heterocycles. The minimum atomic E-state index is -1.14. The predicted octanol–water partition coefficient (Wildman–Crippen LogP) is 1.55. The Bertz CT molecular complexity index is 979. The van der Waals surface area contributed by atoms with Crippen LogP contribution in [0.4, 0.5) is 16.2 Å². The van der Waals surface area contributed by atoms with E-state index in [2.05, 4.69) is 25.3 Å². The van der Waals surface area contributed by atoms with Gasteiger partial charge < -0.3 is 15.3 Å². The Morgan fingerprint density at radius 3 is 2.69 bits per heavy atom. The SMILES string of the molecule is CC(C)(CO)Nc1nc(N2CC=C(c3ncc(F)cn3)CC2)nc2c1[S@](=O)CC2. The van der Waals surface area contributed by atoms with Crippen LogP contribution in [0.3, 0.4) is 0 Å². The highest BCUT2D eigenvalue weighted by Crippen LogP contribution is 2.32. The van der Waals surface area contributed by atoms with Gasteiger partial charge in [0.15, 0.2) is 11.6 Å². The van der Waals surface area contributed by atoms with Gasteiger partial charge in [-0.3, -0.25) is 4.21 Å². The summed E-state index contributed by atoms with van der Waals surface area (Å²) < 4.78 is 25.5. The quantitative estimate of drug-likeness (QED) is 0.754. The van der Waals surface area contributed by atoms with Crippen LogP contribution in [0.2, 0.25) is 0 Å². The number of rotatable bonds is 5. The van der Waals surface area contributed by atoms with Crippen LogP contribution in [0, 0.1) is 5.82 Å². The molecule has 0 saturated heterocycles. The van der Waals surface area contributed by atoms with E-state index < -0.39 is 22.2 Å². The first kappa shape index (κ1) is 19.8. The number of aromatic nitrogens is 4. The molecule has 2 aromatic rings. The van der Waals surface area contributed by atoms with Crippen molar-refractivity contribution in [3.8, 4) is 0 Å². The number of hydrogen-bond donors (Lipinski definition) is 2. The molecule has 4 rings (SSSR count). The summed E-state index contributed by atoms with van der Waals surface area (Å²) in [6.07, 6.45) is 5.66. The minimum absolute atomic E-state index is 0.0821. The highest BCUT2D eigenvalue weighted by atomic mass is 32.2. The fraction of sp³-hybridized carbons (Fsp3) is 0.474. The summed E-state index contributed by atoms with van der Waals surface area (Å²) in [6, 6.07) is 0. The van der Waals surface area contributed by atoms with Gasteiger partial charge in [-0.1, -0.05) is 6.08 Å². The van der Waals surface area contributed by atoms with Crippen LogP contribution in [0.1, 0.15) is 31.8 Å². The number of aliphatic hydroxyl groups excluding tert-OH is 1. The molecule has 2 aliphatic rings. The minimum Gasteiger partial charge on any atom is -0.394 e. The summed E-state index contributed by atoms with van der Waals surface area (Å²) in [5, 5.41) is 12.8. The first-order chi connectivity index (χ1) is 13.9. The van der Waals surface area contributed by atoms with Crippen molar-refractivity contribution in [2.24, 2.45) is 0 Å². The molecule has 2 N–H and O–H groups in total. The molecule has 0 aromatic carbocycles. The number of anilines is 2. The van der Waals surface area contributed by atoms with Gasteiger partial charge in [0.2, 0.25) is 5.95 Å². The number of nitrogens with zero attached hydrogens (tertiary/aromatic N) is 5. The zero-order chi connectivity index (χ0) is 20.6. The third-order valence-electron chi connectivity index (χ3n) is 4.93. The largest absolute Gasteiger partial charge is 0.394 e. The Morgan fingerprint density at radius 1 is 1.28 bits per heavy atom. The normalized spacial score (nSPS) is 19.1. The van der Waals surface area contributed by atoms with Crippen LogP contribution >= 0.6 is 0 Å². The fourth-order valence-electron chi connectivity index (χ4n) is 3.30. The molecule has 0 radical (unpaired) electrons. The maximum atomic E-state index is 13.0. The lowest BCUT2D eigenvalue weighted by molar-refractivity contribution is 0.233. The van der Waals surface area contributed by atoms with Crippen LogP contribution < -0.4 is 10.2 Å². The van der Waals surface area contributed by atoms with Gasteiger partial charge in [0.05, 0.1) is 41.0 Å². The van der Waals surface area contributed by atoms with Crippen molar-refractivity contribution in [2.45, 2.75) is 37.1 Å². The van der Waals surface area contributed by atoms with E-state index in [9.17, 15) is 13.7 Å². The molecule has 8 nitrogen and oxygen atoms in total. The van der Waals surface area contributed by atoms with E-state index >= 15 is 0 Å². The smallest absolute Gasteiger partial charge is 0.227 e. The molecular weight excluding hydrogens is 395 g/mol. The Kier molecular flexibility index (Phi) is 5.30. The Labute approximate surface area is 170 Å². The van der Waals surface area contributed by atoms with Gasteiger partial charge in [0, 0.05) is 25.3 Å². The summed E-state index contributed by atoms with van der Waals surface area (Å²) in [5.41, 5.74) is 1.16. The van der Waals surface area contributed by atoms with Crippen LogP contribution in [0.5, 0.6) is 0 Å². The molecule has 0 unspecified atom stereocenters. The number of aryl methyl sites for hydroxylation is 1. The van der Waals surface area contributed by atoms with Gasteiger partial charge in [-0.05, 0) is 25.8 Å². The van der Waals surface area contributed by atoms with Gasteiger partial charge in [-0.15, -0.1) is 0 Å². The van der Waals surface area contributed by atoms with Crippen molar-refractivity contribution >= 4 is 28.1 Å². The van der Waals surface area contributed by atoms with Gasteiger partial charge in [-0.2, -0.15) is 4.98 Å². The third-order valence-corrected chi connectivity index (χ3v) is 6.39. The molecule has 2 aromatic heterocycles. The summed E-state index contributed by atoms with van der Waals surface area (Å²) in [5.74, 6) is 1.70. The second kappa shape index (κ2) is 7.75. The van der Waals surface area contributed by atoms with Crippen LogP contribution in [0.25, 0.3) is 5.57 Å². The van der Waals surface area contributed by atoms with Gasteiger partial charge >= 0.3 is 0 Å². The maximum Gasteiger partial charge on any atom is 0.227 e. The van der Waals surface area contributed by atoms with Gasteiger partial charge in [0.1, 0.15) is 10.7 Å². The van der Waals surface area contributed by atoms with Gasteiger partial charge in [0.25, 0.3) is 0 Å². The van der Waals surface area contributed by atoms with E-state index in [0.717, 1.165) is 11.3 Å². The molecule has 0 aliphatic carbocycles. The number of fused-ring (bicyclic) bond motifs is 1. The molecule has 10 heteroatoms. The Hall–Kier alpha value is -2.46. The van der Waals surface area contributed by atoms with E-state index in [-0.39, 0.29) is 6.61 Å². The summed E-state index contributed by atoms with van der Waals surface area (Å²) in [7, 11) is -1.14. The fourth-order valence-corrected chi connectivity index (χ4v) is 4.61. The lowest BCUT2D eigenvalue weighted by Crippen LogP contribution is -2.36. The van der Waals surface area contributed by atoms with E-state index in [1.54, 1.807) is 0 Å². The van der Waals surface area contributed by atoms with Crippen molar-refractivity contribution in [3.05, 3.63) is 35.8 Å². The van der Waals surface area contributed by atoms with Crippen molar-refractivity contribution in [1.82, 2.24) is 19.9 Å². The molecule has 1 atom stereocenters. The van der Waals surface area contributed by atoms with E-state index in [0.29, 0.717) is 54.2 Å². The van der Waals surface area contributed by atoms with Crippen molar-refractivity contribution in [2.75, 3.05) is 35.7 Å². The van der Waals surface area contributed by atoms with E-state index in [1.807, 2.05) is 24.8 Å². The average molecular weight is 418 g/mol. The summed E-state index contributed by atoms with van der Waals surface area (Å²) >= 11 is 0. The highest BCUT2D eigenvalue weighted by molar-refractivity contribution is 7.85. The van der Waals surface area contributed by atoms with E-state index in [1.165, 1.54) is 12.4 Å². The summed E-state index contributed by atoms with van der Waals surface area (Å²) in [6.45, 7) is 4.87. The van der Waals surface area contributed by atoms with Crippen molar-refractivity contribution < 1.29 is 13.7 Å². The Morgan fingerprint density at radius 2 is 2.03 bits per heavy atom. The molecule has 0 spiro atoms. The lowest BCUT2D eigenvalue weighted by Gasteiger charge is -2.29. The molecule has 2 aliphatic heterocycles. The first-order valence-corrected chi connectivity index (χ1v) is 10.8. The predicted molar refractivity (Wildman–Crippen MR) is 109 cm³/mol. The van der Waals surface area contributed by atoms with Crippen LogP contribution in [-0.4, -0.2) is 60.2 Å². The average Bonchev–Trinajstić information content (AvgIpc) is 3.09. The molecule has 0 bridgehead atoms. The molecule has 0 amide bonds. The molecule has 154 valence electrons. The summed E-state index contributed by atoms with van der Waals surface area (Å²) in [4.78, 5) is 20.1. The monoisotopic (exact) mass is 418 g/mol. The topological polar surface area (TPSA) is 104 Å². The molecule has 0 saturated carbocycles.